The van der Waals surface area contributed by atoms with Crippen molar-refractivity contribution < 1.29 is 4.74 Å². The van der Waals surface area contributed by atoms with E-state index in [0.717, 1.165) is 27.7 Å². The first-order valence-corrected chi connectivity index (χ1v) is 6.36. The molecule has 17 heavy (non-hydrogen) atoms. The third-order valence-corrected chi connectivity index (χ3v) is 3.41. The topological polar surface area (TPSA) is 63.9 Å². The lowest BCUT2D eigenvalue weighted by molar-refractivity contribution is 0.415. The third-order valence-electron chi connectivity index (χ3n) is 2.42. The molecule has 0 aliphatic rings. The standard InChI is InChI=1S/C12H15N3OS/c1-3-17-11-10(14-15-12(11)13)8-4-6-9(16-2)7-5-8/h4-7H,3H2,1-2H3,(H3,13,14,15). The number of nitrogens with two attached hydrogens (primary N) is 1. The van der Waals surface area contributed by atoms with E-state index in [1.165, 1.54) is 0 Å². The first-order valence-electron chi connectivity index (χ1n) is 5.37. The predicted molar refractivity (Wildman–Crippen MR) is 71.4 cm³/mol. The molecule has 0 bridgehead atoms. The minimum atomic E-state index is 0.558. The number of rotatable bonds is 4. The second-order valence-electron chi connectivity index (χ2n) is 3.47. The van der Waals surface area contributed by atoms with Crippen molar-refractivity contribution >= 4 is 17.6 Å². The number of ether oxygens (including phenoxy) is 1. The van der Waals surface area contributed by atoms with E-state index >= 15 is 0 Å². The molecule has 90 valence electrons. The number of nitrogens with zero attached hydrogens (tertiary/aromatic N) is 1. The summed E-state index contributed by atoms with van der Waals surface area (Å²) in [5.74, 6) is 2.36. The summed E-state index contributed by atoms with van der Waals surface area (Å²) in [6, 6.07) is 7.83. The van der Waals surface area contributed by atoms with Gasteiger partial charge in [-0.2, -0.15) is 5.10 Å². The molecule has 0 unspecified atom stereocenters. The Morgan fingerprint density at radius 1 is 1.35 bits per heavy atom. The van der Waals surface area contributed by atoms with E-state index in [1.807, 2.05) is 24.3 Å². The maximum Gasteiger partial charge on any atom is 0.159 e. The second-order valence-corrected chi connectivity index (χ2v) is 4.75. The van der Waals surface area contributed by atoms with E-state index in [2.05, 4.69) is 17.1 Å². The fourth-order valence-electron chi connectivity index (χ4n) is 1.59. The van der Waals surface area contributed by atoms with Crippen molar-refractivity contribution in [3.05, 3.63) is 24.3 Å². The normalized spacial score (nSPS) is 10.5. The van der Waals surface area contributed by atoms with Gasteiger partial charge in [0.05, 0.1) is 17.7 Å². The van der Waals surface area contributed by atoms with Gasteiger partial charge in [0.2, 0.25) is 0 Å². The lowest BCUT2D eigenvalue weighted by Crippen LogP contribution is -1.87. The van der Waals surface area contributed by atoms with Crippen LogP contribution in [0.15, 0.2) is 29.2 Å². The molecule has 0 aliphatic carbocycles. The fourth-order valence-corrected chi connectivity index (χ4v) is 2.38. The maximum atomic E-state index is 5.83. The quantitative estimate of drug-likeness (QED) is 0.818. The van der Waals surface area contributed by atoms with Crippen LogP contribution in [0, 0.1) is 0 Å². The van der Waals surface area contributed by atoms with Crippen molar-refractivity contribution in [2.75, 3.05) is 18.6 Å². The number of aromatic nitrogens is 2. The van der Waals surface area contributed by atoms with Gasteiger partial charge in [-0.1, -0.05) is 6.92 Å². The van der Waals surface area contributed by atoms with E-state index in [4.69, 9.17) is 10.5 Å². The molecule has 2 aromatic rings. The Bertz CT molecular complexity index is 493. The number of nitrogens with one attached hydrogen (secondary N) is 1. The van der Waals surface area contributed by atoms with Crippen LogP contribution in [0.1, 0.15) is 6.92 Å². The van der Waals surface area contributed by atoms with Gasteiger partial charge in [0.25, 0.3) is 0 Å². The molecule has 2 rings (SSSR count). The van der Waals surface area contributed by atoms with Crippen LogP contribution in [-0.2, 0) is 0 Å². The minimum Gasteiger partial charge on any atom is -0.497 e. The highest BCUT2D eigenvalue weighted by molar-refractivity contribution is 7.99. The zero-order valence-corrected chi connectivity index (χ0v) is 10.7. The number of benzene rings is 1. The smallest absolute Gasteiger partial charge is 0.159 e. The highest BCUT2D eigenvalue weighted by Crippen LogP contribution is 2.34. The number of hydrogen-bond donors (Lipinski definition) is 2. The molecule has 0 saturated carbocycles. The summed E-state index contributed by atoms with van der Waals surface area (Å²) < 4.78 is 5.13. The number of hydrogen-bond acceptors (Lipinski definition) is 4. The number of H-pyrrole nitrogens is 1. The molecule has 4 nitrogen and oxygen atoms in total. The van der Waals surface area contributed by atoms with Crippen molar-refractivity contribution in [1.29, 1.82) is 0 Å². The molecule has 1 aromatic heterocycles. The van der Waals surface area contributed by atoms with Crippen LogP contribution in [-0.4, -0.2) is 23.1 Å². The van der Waals surface area contributed by atoms with E-state index in [-0.39, 0.29) is 0 Å². The largest absolute Gasteiger partial charge is 0.497 e. The van der Waals surface area contributed by atoms with E-state index < -0.39 is 0 Å². The Morgan fingerprint density at radius 3 is 2.65 bits per heavy atom. The van der Waals surface area contributed by atoms with Gasteiger partial charge in [0.15, 0.2) is 5.82 Å². The Morgan fingerprint density at radius 2 is 2.06 bits per heavy atom. The highest BCUT2D eigenvalue weighted by atomic mass is 32.2. The molecule has 0 fully saturated rings. The van der Waals surface area contributed by atoms with E-state index in [0.29, 0.717) is 5.82 Å². The summed E-state index contributed by atoms with van der Waals surface area (Å²) in [4.78, 5) is 1.01. The fraction of sp³-hybridized carbons (Fsp3) is 0.250. The van der Waals surface area contributed by atoms with Crippen molar-refractivity contribution in [3.8, 4) is 17.0 Å². The van der Waals surface area contributed by atoms with Crippen LogP contribution in [0.5, 0.6) is 5.75 Å². The van der Waals surface area contributed by atoms with Crippen molar-refractivity contribution in [3.63, 3.8) is 0 Å². The summed E-state index contributed by atoms with van der Waals surface area (Å²) in [6.45, 7) is 2.09. The molecule has 0 radical (unpaired) electrons. The number of aromatic amines is 1. The first kappa shape index (κ1) is 11.9. The summed E-state index contributed by atoms with van der Waals surface area (Å²) in [5.41, 5.74) is 7.86. The molecule has 3 N–H and O–H groups in total. The van der Waals surface area contributed by atoms with Gasteiger partial charge in [0.1, 0.15) is 5.75 Å². The molecule has 0 amide bonds. The lowest BCUT2D eigenvalue weighted by atomic mass is 10.1. The molecule has 1 aromatic carbocycles. The SMILES string of the molecule is CCSc1c(N)n[nH]c1-c1ccc(OC)cc1. The van der Waals surface area contributed by atoms with Gasteiger partial charge in [-0.15, -0.1) is 11.8 Å². The van der Waals surface area contributed by atoms with Gasteiger partial charge in [-0.25, -0.2) is 0 Å². The molecule has 0 atom stereocenters. The van der Waals surface area contributed by atoms with Crippen LogP contribution in [0.4, 0.5) is 5.82 Å². The molecule has 5 heteroatoms. The van der Waals surface area contributed by atoms with Gasteiger partial charge < -0.3 is 10.5 Å². The highest BCUT2D eigenvalue weighted by Gasteiger charge is 2.12. The molecule has 0 saturated heterocycles. The average molecular weight is 249 g/mol. The molecule has 0 spiro atoms. The summed E-state index contributed by atoms with van der Waals surface area (Å²) in [5, 5.41) is 7.03. The average Bonchev–Trinajstić information content (AvgIpc) is 2.72. The van der Waals surface area contributed by atoms with Crippen molar-refractivity contribution in [1.82, 2.24) is 10.2 Å². The predicted octanol–water partition coefficient (Wildman–Crippen LogP) is 2.78. The van der Waals surface area contributed by atoms with Gasteiger partial charge in [0, 0.05) is 5.56 Å². The zero-order valence-electron chi connectivity index (χ0n) is 9.86. The molecular formula is C12H15N3OS. The van der Waals surface area contributed by atoms with Gasteiger partial charge in [-0.3, -0.25) is 5.10 Å². The molecule has 1 heterocycles. The van der Waals surface area contributed by atoms with Crippen molar-refractivity contribution in [2.45, 2.75) is 11.8 Å². The van der Waals surface area contributed by atoms with Crippen LogP contribution < -0.4 is 10.5 Å². The number of thioether (sulfide) groups is 1. The van der Waals surface area contributed by atoms with Crippen LogP contribution in [0.2, 0.25) is 0 Å². The first-order chi connectivity index (χ1) is 8.26. The summed E-state index contributed by atoms with van der Waals surface area (Å²) in [7, 11) is 1.65. The second kappa shape index (κ2) is 5.14. The van der Waals surface area contributed by atoms with Crippen LogP contribution in [0.25, 0.3) is 11.3 Å². The third kappa shape index (κ3) is 2.39. The van der Waals surface area contributed by atoms with Crippen LogP contribution in [0.3, 0.4) is 0 Å². The molecule has 0 aliphatic heterocycles. The van der Waals surface area contributed by atoms with E-state index in [1.54, 1.807) is 18.9 Å². The number of methoxy groups -OCH3 is 1. The van der Waals surface area contributed by atoms with Gasteiger partial charge >= 0.3 is 0 Å². The Balaban J connectivity index is 2.38. The number of nitrogen functional groups attached to an aromatic ring is 1. The Kier molecular flexibility index (Phi) is 3.58. The monoisotopic (exact) mass is 249 g/mol. The van der Waals surface area contributed by atoms with E-state index in [9.17, 15) is 0 Å². The maximum absolute atomic E-state index is 5.83. The van der Waals surface area contributed by atoms with Crippen molar-refractivity contribution in [2.24, 2.45) is 0 Å². The minimum absolute atomic E-state index is 0.558. The number of anilines is 1. The van der Waals surface area contributed by atoms with Crippen LogP contribution >= 0.6 is 11.8 Å². The Labute approximate surface area is 105 Å². The lowest BCUT2D eigenvalue weighted by Gasteiger charge is -2.04. The Hall–Kier alpha value is -1.62. The zero-order chi connectivity index (χ0) is 12.3. The molecular weight excluding hydrogens is 234 g/mol. The summed E-state index contributed by atoms with van der Waals surface area (Å²) >= 11 is 1.69. The van der Waals surface area contributed by atoms with Gasteiger partial charge in [-0.05, 0) is 30.0 Å². The summed E-state index contributed by atoms with van der Waals surface area (Å²) in [6.07, 6.45) is 0.